The highest BCUT2D eigenvalue weighted by atomic mass is 79.9. The molecule has 1 amide bonds. The summed E-state index contributed by atoms with van der Waals surface area (Å²) >= 11 is 3.24. The molecule has 0 bridgehead atoms. The number of halogens is 1. The minimum Gasteiger partial charge on any atom is -0.473 e. The molecule has 0 fully saturated rings. The summed E-state index contributed by atoms with van der Waals surface area (Å²) in [7, 11) is 0. The number of carbonyl (C=O) groups is 3. The first kappa shape index (κ1) is 14.1. The summed E-state index contributed by atoms with van der Waals surface area (Å²) in [6.45, 7) is 0. The van der Waals surface area contributed by atoms with Crippen LogP contribution >= 0.6 is 15.9 Å². The molecule has 0 unspecified atom stereocenters. The predicted octanol–water partition coefficient (Wildman–Crippen LogP) is 0.704. The molecule has 16 heavy (non-hydrogen) atoms. The zero-order valence-electron chi connectivity index (χ0n) is 7.88. The van der Waals surface area contributed by atoms with Crippen molar-refractivity contribution in [3.05, 3.63) is 34.3 Å². The average Bonchev–Trinajstić information content (AvgIpc) is 2.19. The fraction of sp³-hybridized carbons (Fsp3) is 0. The van der Waals surface area contributed by atoms with Crippen molar-refractivity contribution in [3.63, 3.8) is 0 Å². The Morgan fingerprint density at radius 1 is 1.00 bits per heavy atom. The zero-order valence-corrected chi connectivity index (χ0v) is 9.47. The molecule has 1 rings (SSSR count). The molecule has 0 heterocycles. The molecule has 0 spiro atoms. The number of benzene rings is 1. The number of carbonyl (C=O) groups excluding carboxylic acids is 1. The van der Waals surface area contributed by atoms with Crippen molar-refractivity contribution in [1.82, 2.24) is 0 Å². The summed E-state index contributed by atoms with van der Waals surface area (Å²) in [4.78, 5) is 28.7. The number of primary amides is 1. The van der Waals surface area contributed by atoms with Gasteiger partial charge < -0.3 is 15.9 Å². The van der Waals surface area contributed by atoms with E-state index in [4.69, 9.17) is 25.5 Å². The Kier molecular flexibility index (Phi) is 5.79. The molecule has 0 saturated heterocycles. The molecule has 0 radical (unpaired) electrons. The molecule has 0 atom stereocenters. The van der Waals surface area contributed by atoms with Gasteiger partial charge in [0.1, 0.15) is 0 Å². The number of carboxylic acid groups (broad SMARTS) is 2. The van der Waals surface area contributed by atoms with Gasteiger partial charge in [0.2, 0.25) is 5.91 Å². The minimum absolute atomic E-state index is 0.396. The third-order valence-corrected chi connectivity index (χ3v) is 1.84. The van der Waals surface area contributed by atoms with Gasteiger partial charge in [-0.3, -0.25) is 4.79 Å². The normalized spacial score (nSPS) is 8.56. The van der Waals surface area contributed by atoms with E-state index in [1.165, 1.54) is 0 Å². The van der Waals surface area contributed by atoms with E-state index in [1.807, 2.05) is 0 Å². The number of rotatable bonds is 1. The molecule has 4 N–H and O–H groups in total. The van der Waals surface area contributed by atoms with Crippen LogP contribution in [0.4, 0.5) is 0 Å². The van der Waals surface area contributed by atoms with E-state index < -0.39 is 17.8 Å². The summed E-state index contributed by atoms with van der Waals surface area (Å²) in [6, 6.07) is 6.90. The Bertz CT molecular complexity index is 389. The minimum atomic E-state index is -1.82. The lowest BCUT2D eigenvalue weighted by atomic mass is 10.2. The third kappa shape index (κ3) is 5.76. The Hall–Kier alpha value is -1.89. The average molecular weight is 290 g/mol. The van der Waals surface area contributed by atoms with Crippen LogP contribution in [0.2, 0.25) is 0 Å². The fourth-order valence-electron chi connectivity index (χ4n) is 0.614. The number of nitrogens with two attached hydrogens (primary N) is 1. The van der Waals surface area contributed by atoms with Crippen molar-refractivity contribution >= 4 is 33.8 Å². The standard InChI is InChI=1S/C7H6BrNO.C2H2O4/c8-6-3-1-5(2-4-6)7(9)10;3-1(4)2(5)6/h1-4H,(H2,9,10);(H,3,4)(H,5,6). The van der Waals surface area contributed by atoms with Gasteiger partial charge in [-0.25, -0.2) is 9.59 Å². The maximum Gasteiger partial charge on any atom is 0.414 e. The largest absolute Gasteiger partial charge is 0.473 e. The number of hydrogen-bond donors (Lipinski definition) is 3. The van der Waals surface area contributed by atoms with Gasteiger partial charge in [-0.05, 0) is 24.3 Å². The zero-order chi connectivity index (χ0) is 12.7. The van der Waals surface area contributed by atoms with Gasteiger partial charge in [0.25, 0.3) is 0 Å². The second kappa shape index (κ2) is 6.57. The molecule has 7 heteroatoms. The second-order valence-corrected chi connectivity index (χ2v) is 3.40. The van der Waals surface area contributed by atoms with Gasteiger partial charge in [-0.15, -0.1) is 0 Å². The van der Waals surface area contributed by atoms with E-state index >= 15 is 0 Å². The molecule has 1 aromatic rings. The van der Waals surface area contributed by atoms with Crippen LogP contribution in [0.3, 0.4) is 0 Å². The molecule has 6 nitrogen and oxygen atoms in total. The highest BCUT2D eigenvalue weighted by molar-refractivity contribution is 9.10. The smallest absolute Gasteiger partial charge is 0.414 e. The predicted molar refractivity (Wildman–Crippen MR) is 57.9 cm³/mol. The second-order valence-electron chi connectivity index (χ2n) is 2.48. The Labute approximate surface area is 98.8 Å². The summed E-state index contributed by atoms with van der Waals surface area (Å²) in [6.07, 6.45) is 0. The van der Waals surface area contributed by atoms with Crippen molar-refractivity contribution in [2.24, 2.45) is 5.73 Å². The molecule has 0 aromatic heterocycles. The van der Waals surface area contributed by atoms with Gasteiger partial charge in [0.15, 0.2) is 0 Å². The van der Waals surface area contributed by atoms with Crippen LogP contribution in [0.5, 0.6) is 0 Å². The lowest BCUT2D eigenvalue weighted by molar-refractivity contribution is -0.159. The summed E-state index contributed by atoms with van der Waals surface area (Å²) < 4.78 is 0.942. The van der Waals surface area contributed by atoms with E-state index in [-0.39, 0.29) is 0 Å². The molecule has 1 aromatic carbocycles. The number of hydrogen-bond acceptors (Lipinski definition) is 3. The van der Waals surface area contributed by atoms with Crippen molar-refractivity contribution in [3.8, 4) is 0 Å². The molecule has 0 aliphatic carbocycles. The summed E-state index contributed by atoms with van der Waals surface area (Å²) in [5.74, 6) is -4.04. The van der Waals surface area contributed by atoms with Crippen molar-refractivity contribution < 1.29 is 24.6 Å². The number of carboxylic acids is 2. The van der Waals surface area contributed by atoms with Crippen LogP contribution in [0.1, 0.15) is 10.4 Å². The van der Waals surface area contributed by atoms with Crippen molar-refractivity contribution in [2.45, 2.75) is 0 Å². The molecular weight excluding hydrogens is 282 g/mol. The summed E-state index contributed by atoms with van der Waals surface area (Å²) in [5.41, 5.74) is 5.54. The lowest BCUT2D eigenvalue weighted by Gasteiger charge is -1.92. The highest BCUT2D eigenvalue weighted by Gasteiger charge is 2.04. The van der Waals surface area contributed by atoms with Crippen LogP contribution < -0.4 is 5.73 Å². The number of aliphatic carboxylic acids is 2. The van der Waals surface area contributed by atoms with Gasteiger partial charge in [0, 0.05) is 10.0 Å². The first-order valence-electron chi connectivity index (χ1n) is 3.86. The lowest BCUT2D eigenvalue weighted by Crippen LogP contribution is -2.10. The third-order valence-electron chi connectivity index (χ3n) is 1.31. The molecular formula is C9H8BrNO5. The van der Waals surface area contributed by atoms with Crippen LogP contribution in [0.15, 0.2) is 28.7 Å². The van der Waals surface area contributed by atoms with Crippen molar-refractivity contribution in [2.75, 3.05) is 0 Å². The van der Waals surface area contributed by atoms with Gasteiger partial charge in [-0.1, -0.05) is 15.9 Å². The summed E-state index contributed by atoms with van der Waals surface area (Å²) in [5, 5.41) is 14.8. The van der Waals surface area contributed by atoms with Crippen LogP contribution in [-0.4, -0.2) is 28.1 Å². The van der Waals surface area contributed by atoms with Crippen LogP contribution in [0.25, 0.3) is 0 Å². The highest BCUT2D eigenvalue weighted by Crippen LogP contribution is 2.09. The molecule has 0 saturated carbocycles. The maximum absolute atomic E-state index is 10.5. The SMILES string of the molecule is NC(=O)c1ccc(Br)cc1.O=C(O)C(=O)O. The van der Waals surface area contributed by atoms with E-state index in [1.54, 1.807) is 24.3 Å². The Morgan fingerprint density at radius 2 is 1.38 bits per heavy atom. The van der Waals surface area contributed by atoms with Gasteiger partial charge >= 0.3 is 11.9 Å². The van der Waals surface area contributed by atoms with Gasteiger partial charge in [-0.2, -0.15) is 0 Å². The van der Waals surface area contributed by atoms with E-state index in [0.717, 1.165) is 4.47 Å². The van der Waals surface area contributed by atoms with Gasteiger partial charge in [0.05, 0.1) is 0 Å². The molecule has 0 aliphatic rings. The monoisotopic (exact) mass is 289 g/mol. The molecule has 0 aliphatic heterocycles. The topological polar surface area (TPSA) is 118 Å². The van der Waals surface area contributed by atoms with Crippen molar-refractivity contribution in [1.29, 1.82) is 0 Å². The maximum atomic E-state index is 10.5. The van der Waals surface area contributed by atoms with Crippen LogP contribution in [0, 0.1) is 0 Å². The number of amides is 1. The Morgan fingerprint density at radius 3 is 1.62 bits per heavy atom. The quantitative estimate of drug-likeness (QED) is 0.658. The first-order valence-corrected chi connectivity index (χ1v) is 4.65. The van der Waals surface area contributed by atoms with E-state index in [9.17, 15) is 4.79 Å². The molecule has 86 valence electrons. The Balaban J connectivity index is 0.000000325. The first-order chi connectivity index (χ1) is 7.34. The fourth-order valence-corrected chi connectivity index (χ4v) is 0.878. The van der Waals surface area contributed by atoms with Crippen LogP contribution in [-0.2, 0) is 9.59 Å². The van der Waals surface area contributed by atoms with E-state index in [0.29, 0.717) is 5.56 Å². The van der Waals surface area contributed by atoms with E-state index in [2.05, 4.69) is 15.9 Å².